The van der Waals surface area contributed by atoms with E-state index in [-0.39, 0.29) is 18.3 Å². The Balaban J connectivity index is 0.00000176. The maximum Gasteiger partial charge on any atom is 0.311 e. The van der Waals surface area contributed by atoms with Crippen molar-refractivity contribution < 1.29 is 9.90 Å². The molecule has 1 aliphatic heterocycles. The van der Waals surface area contributed by atoms with E-state index in [0.29, 0.717) is 0 Å². The summed E-state index contributed by atoms with van der Waals surface area (Å²) in [6.07, 6.45) is 1.91. The van der Waals surface area contributed by atoms with E-state index in [1.165, 1.54) is 0 Å². The minimum atomic E-state index is -0.694. The lowest BCUT2D eigenvalue weighted by Gasteiger charge is -2.33. The Kier molecular flexibility index (Phi) is 5.43. The molecule has 1 fully saturated rings. The number of carboxylic acid groups (broad SMARTS) is 1. The van der Waals surface area contributed by atoms with E-state index in [4.69, 9.17) is 0 Å². The number of hydrogen-bond donors (Lipinski definition) is 1. The van der Waals surface area contributed by atoms with Crippen LogP contribution >= 0.6 is 12.4 Å². The number of benzene rings is 2. The molecular formula is C18H22ClNO2. The van der Waals surface area contributed by atoms with Crippen LogP contribution in [-0.2, 0) is 4.79 Å². The number of hydrogen-bond acceptors (Lipinski definition) is 2. The number of piperidine rings is 1. The number of likely N-dealkylation sites (tertiary alicyclic amines) is 1. The molecule has 1 heterocycles. The molecule has 2 aromatic carbocycles. The van der Waals surface area contributed by atoms with Crippen molar-refractivity contribution in [2.45, 2.75) is 18.8 Å². The second-order valence-corrected chi connectivity index (χ2v) is 6.02. The van der Waals surface area contributed by atoms with Crippen molar-refractivity contribution >= 4 is 29.1 Å². The van der Waals surface area contributed by atoms with Gasteiger partial charge in [0.1, 0.15) is 0 Å². The first-order valence-corrected chi connectivity index (χ1v) is 7.56. The Morgan fingerprint density at radius 3 is 2.45 bits per heavy atom. The van der Waals surface area contributed by atoms with Crippen LogP contribution in [-0.4, -0.2) is 36.1 Å². The van der Waals surface area contributed by atoms with E-state index in [9.17, 15) is 9.90 Å². The minimum Gasteiger partial charge on any atom is -0.481 e. The largest absolute Gasteiger partial charge is 0.481 e. The lowest BCUT2D eigenvalue weighted by Crippen LogP contribution is -2.35. The fourth-order valence-electron chi connectivity index (χ4n) is 3.47. The third kappa shape index (κ3) is 3.26. The van der Waals surface area contributed by atoms with Gasteiger partial charge in [0, 0.05) is 0 Å². The molecule has 0 bridgehead atoms. The van der Waals surface area contributed by atoms with Gasteiger partial charge in [0.2, 0.25) is 0 Å². The zero-order chi connectivity index (χ0) is 14.8. The second kappa shape index (κ2) is 7.12. The van der Waals surface area contributed by atoms with Crippen molar-refractivity contribution in [1.29, 1.82) is 0 Å². The zero-order valence-corrected chi connectivity index (χ0v) is 13.6. The monoisotopic (exact) mass is 319 g/mol. The average molecular weight is 320 g/mol. The maximum absolute atomic E-state index is 11.9. The highest BCUT2D eigenvalue weighted by atomic mass is 35.5. The first-order chi connectivity index (χ1) is 10.2. The van der Waals surface area contributed by atoms with E-state index in [1.54, 1.807) is 0 Å². The molecular weight excluding hydrogens is 298 g/mol. The van der Waals surface area contributed by atoms with E-state index < -0.39 is 11.9 Å². The van der Waals surface area contributed by atoms with Crippen LogP contribution in [0.1, 0.15) is 24.3 Å². The Bertz CT molecular complexity index is 645. The van der Waals surface area contributed by atoms with Gasteiger partial charge in [0.15, 0.2) is 0 Å². The molecule has 1 aliphatic rings. The van der Waals surface area contributed by atoms with Gasteiger partial charge in [-0.1, -0.05) is 42.5 Å². The molecule has 118 valence electrons. The molecule has 3 nitrogen and oxygen atoms in total. The summed E-state index contributed by atoms with van der Waals surface area (Å²) in [6, 6.07) is 14.1. The van der Waals surface area contributed by atoms with Gasteiger partial charge in [-0.15, -0.1) is 12.4 Å². The average Bonchev–Trinajstić information content (AvgIpc) is 2.49. The highest BCUT2D eigenvalue weighted by molar-refractivity contribution is 5.90. The third-order valence-electron chi connectivity index (χ3n) is 4.66. The number of carbonyl (C=O) groups is 1. The van der Waals surface area contributed by atoms with Crippen LogP contribution in [0.5, 0.6) is 0 Å². The van der Waals surface area contributed by atoms with Crippen molar-refractivity contribution in [3.05, 3.63) is 48.0 Å². The fourth-order valence-corrected chi connectivity index (χ4v) is 3.47. The molecule has 4 heteroatoms. The van der Waals surface area contributed by atoms with Crippen LogP contribution in [0.3, 0.4) is 0 Å². The van der Waals surface area contributed by atoms with Crippen LogP contribution in [0, 0.1) is 5.92 Å². The maximum atomic E-state index is 11.9. The van der Waals surface area contributed by atoms with Crippen LogP contribution in [0.2, 0.25) is 0 Å². The molecule has 1 saturated heterocycles. The van der Waals surface area contributed by atoms with Crippen LogP contribution in [0.15, 0.2) is 42.5 Å². The molecule has 1 atom stereocenters. The Morgan fingerprint density at radius 2 is 1.77 bits per heavy atom. The quantitative estimate of drug-likeness (QED) is 0.936. The third-order valence-corrected chi connectivity index (χ3v) is 4.66. The molecule has 0 radical (unpaired) electrons. The van der Waals surface area contributed by atoms with Gasteiger partial charge in [0.25, 0.3) is 0 Å². The highest BCUT2D eigenvalue weighted by Gasteiger charge is 2.32. The van der Waals surface area contributed by atoms with Crippen molar-refractivity contribution in [1.82, 2.24) is 4.90 Å². The van der Waals surface area contributed by atoms with E-state index in [0.717, 1.165) is 42.3 Å². The predicted molar refractivity (Wildman–Crippen MR) is 91.8 cm³/mol. The number of fused-ring (bicyclic) bond motifs is 1. The molecule has 2 aromatic rings. The van der Waals surface area contributed by atoms with Gasteiger partial charge >= 0.3 is 5.97 Å². The Morgan fingerprint density at radius 1 is 1.14 bits per heavy atom. The van der Waals surface area contributed by atoms with Gasteiger partial charge in [-0.05, 0) is 55.2 Å². The van der Waals surface area contributed by atoms with E-state index >= 15 is 0 Å². The number of aliphatic carboxylic acids is 1. The molecule has 0 spiro atoms. The van der Waals surface area contributed by atoms with E-state index in [2.05, 4.69) is 11.9 Å². The predicted octanol–water partition coefficient (Wildman–Crippen LogP) is 3.77. The molecule has 1 unspecified atom stereocenters. The molecule has 22 heavy (non-hydrogen) atoms. The summed E-state index contributed by atoms with van der Waals surface area (Å²) in [7, 11) is 2.10. The number of nitrogens with zero attached hydrogens (tertiary/aromatic N) is 1. The standard InChI is InChI=1S/C18H21NO2.ClH/c1-19-11-9-14(10-12-19)17(18(20)21)16-8-4-6-13-5-2-3-7-15(13)16;/h2-8,14,17H,9-12H2,1H3,(H,20,21);1H. The number of halogens is 1. The molecule has 1 N–H and O–H groups in total. The van der Waals surface area contributed by atoms with E-state index in [1.807, 2.05) is 42.5 Å². The number of carboxylic acids is 1. The highest BCUT2D eigenvalue weighted by Crippen LogP contribution is 2.36. The second-order valence-electron chi connectivity index (χ2n) is 6.02. The van der Waals surface area contributed by atoms with Crippen LogP contribution in [0.25, 0.3) is 10.8 Å². The first kappa shape index (κ1) is 16.8. The topological polar surface area (TPSA) is 40.5 Å². The zero-order valence-electron chi connectivity index (χ0n) is 12.7. The molecule has 0 aliphatic carbocycles. The summed E-state index contributed by atoms with van der Waals surface area (Å²) in [6.45, 7) is 1.97. The van der Waals surface area contributed by atoms with Gasteiger partial charge in [-0.2, -0.15) is 0 Å². The Labute approximate surface area is 137 Å². The number of rotatable bonds is 3. The molecule has 0 aromatic heterocycles. The summed E-state index contributed by atoms with van der Waals surface area (Å²) < 4.78 is 0. The molecule has 0 saturated carbocycles. The molecule has 3 rings (SSSR count). The van der Waals surface area contributed by atoms with Crippen LogP contribution < -0.4 is 0 Å². The van der Waals surface area contributed by atoms with Gasteiger partial charge in [-0.25, -0.2) is 0 Å². The summed E-state index contributed by atoms with van der Waals surface area (Å²) >= 11 is 0. The van der Waals surface area contributed by atoms with Gasteiger partial charge in [-0.3, -0.25) is 4.79 Å². The lowest BCUT2D eigenvalue weighted by atomic mass is 9.78. The van der Waals surface area contributed by atoms with Crippen molar-refractivity contribution in [2.75, 3.05) is 20.1 Å². The lowest BCUT2D eigenvalue weighted by molar-refractivity contribution is -0.140. The van der Waals surface area contributed by atoms with Crippen molar-refractivity contribution in [3.8, 4) is 0 Å². The van der Waals surface area contributed by atoms with Gasteiger partial charge in [0.05, 0.1) is 5.92 Å². The summed E-state index contributed by atoms with van der Waals surface area (Å²) in [5, 5.41) is 12.0. The fraction of sp³-hybridized carbons (Fsp3) is 0.389. The SMILES string of the molecule is CN1CCC(C(C(=O)O)c2cccc3ccccc23)CC1.Cl. The summed E-state index contributed by atoms with van der Waals surface area (Å²) in [5.74, 6) is -0.866. The Hall–Kier alpha value is -1.58. The smallest absolute Gasteiger partial charge is 0.311 e. The molecule has 0 amide bonds. The van der Waals surface area contributed by atoms with Crippen molar-refractivity contribution in [2.24, 2.45) is 5.92 Å². The van der Waals surface area contributed by atoms with Crippen LogP contribution in [0.4, 0.5) is 0 Å². The minimum absolute atomic E-state index is 0. The summed E-state index contributed by atoms with van der Waals surface area (Å²) in [5.41, 5.74) is 0.968. The van der Waals surface area contributed by atoms with Crippen molar-refractivity contribution in [3.63, 3.8) is 0 Å². The summed E-state index contributed by atoms with van der Waals surface area (Å²) in [4.78, 5) is 14.2. The normalized spacial score (nSPS) is 17.9. The first-order valence-electron chi connectivity index (χ1n) is 7.56. The van der Waals surface area contributed by atoms with Gasteiger partial charge < -0.3 is 10.0 Å².